The summed E-state index contributed by atoms with van der Waals surface area (Å²) in [5, 5.41) is 0. The zero-order valence-electron chi connectivity index (χ0n) is 7.96. The molecule has 1 aromatic carbocycles. The third-order valence-electron chi connectivity index (χ3n) is 1.75. The van der Waals surface area contributed by atoms with Crippen molar-refractivity contribution in [3.63, 3.8) is 0 Å². The highest BCUT2D eigenvalue weighted by atomic mass is 32.2. The predicted octanol–water partition coefficient (Wildman–Crippen LogP) is 3.43. The van der Waals surface area contributed by atoms with E-state index in [0.717, 1.165) is 5.69 Å². The first-order valence-corrected chi connectivity index (χ1v) is 7.45. The first kappa shape index (κ1) is 11.1. The number of hydrogen-bond acceptors (Lipinski definition) is 4. The molecule has 2 N–H and O–H groups in total. The van der Waals surface area contributed by atoms with E-state index in [1.54, 1.807) is 35.3 Å². The summed E-state index contributed by atoms with van der Waals surface area (Å²) in [6.07, 6.45) is 6.19. The van der Waals surface area contributed by atoms with Gasteiger partial charge in [-0.05, 0) is 30.9 Å². The molecule has 0 heterocycles. The fourth-order valence-electron chi connectivity index (χ4n) is 1.03. The Morgan fingerprint density at radius 1 is 0.923 bits per heavy atom. The Labute approximate surface area is 92.2 Å². The van der Waals surface area contributed by atoms with Crippen LogP contribution in [0.4, 0.5) is 5.69 Å². The van der Waals surface area contributed by atoms with Crippen LogP contribution in [-0.2, 0) is 0 Å². The van der Waals surface area contributed by atoms with Gasteiger partial charge in [0.2, 0.25) is 0 Å². The van der Waals surface area contributed by atoms with Gasteiger partial charge in [0.1, 0.15) is 0 Å². The molecule has 0 saturated carbocycles. The number of hydrogen-bond donors (Lipinski definition) is 1. The van der Waals surface area contributed by atoms with E-state index in [-0.39, 0.29) is 0 Å². The maximum absolute atomic E-state index is 5.98. The van der Waals surface area contributed by atoms with Crippen LogP contribution in [0.1, 0.15) is 0 Å². The fourth-order valence-corrected chi connectivity index (χ4v) is 2.87. The second-order valence-electron chi connectivity index (χ2n) is 2.45. The summed E-state index contributed by atoms with van der Waals surface area (Å²) in [5.74, 6) is 0. The second kappa shape index (κ2) is 5.08. The summed E-state index contributed by atoms with van der Waals surface area (Å²) in [7, 11) is 0. The summed E-state index contributed by atoms with van der Waals surface area (Å²) in [5.41, 5.74) is 6.89. The molecule has 13 heavy (non-hydrogen) atoms. The summed E-state index contributed by atoms with van der Waals surface area (Å²) >= 11 is 5.16. The van der Waals surface area contributed by atoms with Crippen LogP contribution >= 0.6 is 35.3 Å². The molecule has 0 amide bonds. The summed E-state index contributed by atoms with van der Waals surface area (Å²) in [4.78, 5) is 3.63. The lowest BCUT2D eigenvalue weighted by Crippen LogP contribution is -1.92. The van der Waals surface area contributed by atoms with Crippen molar-refractivity contribution in [3.05, 3.63) is 12.1 Å². The van der Waals surface area contributed by atoms with Crippen LogP contribution in [0.5, 0.6) is 0 Å². The molecule has 0 fully saturated rings. The summed E-state index contributed by atoms with van der Waals surface area (Å²) < 4.78 is 0. The molecule has 0 spiro atoms. The van der Waals surface area contributed by atoms with E-state index in [1.165, 1.54) is 14.7 Å². The number of nitrogens with two attached hydrogens (primary N) is 1. The van der Waals surface area contributed by atoms with E-state index < -0.39 is 0 Å². The first-order chi connectivity index (χ1) is 6.22. The molecule has 0 aromatic heterocycles. The average molecular weight is 231 g/mol. The smallest absolute Gasteiger partial charge is 0.0590 e. The Morgan fingerprint density at radius 2 is 1.38 bits per heavy atom. The third-order valence-corrected chi connectivity index (χ3v) is 4.02. The molecular weight excluding hydrogens is 218 g/mol. The zero-order valence-corrected chi connectivity index (χ0v) is 10.4. The van der Waals surface area contributed by atoms with Gasteiger partial charge >= 0.3 is 0 Å². The first-order valence-electron chi connectivity index (χ1n) is 3.78. The largest absolute Gasteiger partial charge is 0.397 e. The van der Waals surface area contributed by atoms with Crippen LogP contribution in [0.3, 0.4) is 0 Å². The predicted molar refractivity (Wildman–Crippen MR) is 66.2 cm³/mol. The highest BCUT2D eigenvalue weighted by molar-refractivity contribution is 8.00. The minimum atomic E-state index is 0.915. The molecule has 72 valence electrons. The molecule has 4 heteroatoms. The van der Waals surface area contributed by atoms with E-state index in [4.69, 9.17) is 5.73 Å². The number of rotatable bonds is 3. The number of thioether (sulfide) groups is 3. The Balaban J connectivity index is 3.20. The average Bonchev–Trinajstić information content (AvgIpc) is 2.18. The molecule has 0 radical (unpaired) electrons. The lowest BCUT2D eigenvalue weighted by atomic mass is 10.3. The molecule has 1 aromatic rings. The van der Waals surface area contributed by atoms with Gasteiger partial charge in [0.25, 0.3) is 0 Å². The standard InChI is InChI=1S/C9H13NS3/c1-11-6-4-7(12-2)9(10)8(5-6)13-3/h4-5H,10H2,1-3H3. The van der Waals surface area contributed by atoms with Crippen molar-refractivity contribution in [1.82, 2.24) is 0 Å². The SMILES string of the molecule is CSc1cc(SC)c(N)c(SC)c1. The van der Waals surface area contributed by atoms with Gasteiger partial charge in [0, 0.05) is 14.7 Å². The summed E-state index contributed by atoms with van der Waals surface area (Å²) in [6.45, 7) is 0. The van der Waals surface area contributed by atoms with Crippen molar-refractivity contribution < 1.29 is 0 Å². The quantitative estimate of drug-likeness (QED) is 0.636. The van der Waals surface area contributed by atoms with Crippen molar-refractivity contribution in [2.45, 2.75) is 14.7 Å². The van der Waals surface area contributed by atoms with Gasteiger partial charge < -0.3 is 5.73 Å². The molecule has 0 atom stereocenters. The van der Waals surface area contributed by atoms with E-state index in [1.807, 2.05) is 0 Å². The number of nitrogen functional groups attached to an aromatic ring is 1. The topological polar surface area (TPSA) is 26.0 Å². The second-order valence-corrected chi connectivity index (χ2v) is 5.02. The molecule has 0 aliphatic rings. The van der Waals surface area contributed by atoms with Crippen LogP contribution in [-0.4, -0.2) is 18.8 Å². The van der Waals surface area contributed by atoms with Crippen LogP contribution in [0, 0.1) is 0 Å². The van der Waals surface area contributed by atoms with Crippen LogP contribution in [0.15, 0.2) is 26.8 Å². The molecule has 0 aliphatic heterocycles. The lowest BCUT2D eigenvalue weighted by molar-refractivity contribution is 1.25. The molecule has 0 saturated heterocycles. The van der Waals surface area contributed by atoms with Crippen LogP contribution in [0.25, 0.3) is 0 Å². The Bertz CT molecular complexity index is 274. The van der Waals surface area contributed by atoms with Gasteiger partial charge in [-0.2, -0.15) is 0 Å². The maximum atomic E-state index is 5.98. The van der Waals surface area contributed by atoms with Gasteiger partial charge in [0.15, 0.2) is 0 Å². The molecular formula is C9H13NS3. The van der Waals surface area contributed by atoms with Gasteiger partial charge in [-0.1, -0.05) is 0 Å². The van der Waals surface area contributed by atoms with Crippen molar-refractivity contribution in [1.29, 1.82) is 0 Å². The highest BCUT2D eigenvalue weighted by Gasteiger charge is 2.05. The zero-order chi connectivity index (χ0) is 9.84. The maximum Gasteiger partial charge on any atom is 0.0590 e. The Kier molecular flexibility index (Phi) is 4.35. The normalized spacial score (nSPS) is 10.4. The molecule has 0 unspecified atom stereocenters. The van der Waals surface area contributed by atoms with Gasteiger partial charge in [-0.25, -0.2) is 0 Å². The van der Waals surface area contributed by atoms with E-state index in [9.17, 15) is 0 Å². The third kappa shape index (κ3) is 2.51. The molecule has 0 bridgehead atoms. The van der Waals surface area contributed by atoms with Gasteiger partial charge in [0.05, 0.1) is 5.69 Å². The van der Waals surface area contributed by atoms with Crippen molar-refractivity contribution >= 4 is 41.0 Å². The van der Waals surface area contributed by atoms with Crippen molar-refractivity contribution in [3.8, 4) is 0 Å². The van der Waals surface area contributed by atoms with Gasteiger partial charge in [-0.15, -0.1) is 35.3 Å². The van der Waals surface area contributed by atoms with Gasteiger partial charge in [-0.3, -0.25) is 0 Å². The van der Waals surface area contributed by atoms with Crippen molar-refractivity contribution in [2.75, 3.05) is 24.5 Å². The van der Waals surface area contributed by atoms with Crippen LogP contribution < -0.4 is 5.73 Å². The summed E-state index contributed by atoms with van der Waals surface area (Å²) in [6, 6.07) is 4.29. The minimum Gasteiger partial charge on any atom is -0.397 e. The molecule has 0 aliphatic carbocycles. The number of benzene rings is 1. The fraction of sp³-hybridized carbons (Fsp3) is 0.333. The Hall–Kier alpha value is 0.0700. The van der Waals surface area contributed by atoms with E-state index in [0.29, 0.717) is 0 Å². The lowest BCUT2D eigenvalue weighted by Gasteiger charge is -2.09. The van der Waals surface area contributed by atoms with Crippen molar-refractivity contribution in [2.24, 2.45) is 0 Å². The number of anilines is 1. The van der Waals surface area contributed by atoms with Crippen LogP contribution in [0.2, 0.25) is 0 Å². The Morgan fingerprint density at radius 3 is 1.69 bits per heavy atom. The van der Waals surface area contributed by atoms with E-state index in [2.05, 4.69) is 30.9 Å². The molecule has 1 rings (SSSR count). The highest BCUT2D eigenvalue weighted by Crippen LogP contribution is 2.35. The van der Waals surface area contributed by atoms with E-state index >= 15 is 0 Å². The molecule has 1 nitrogen and oxygen atoms in total. The monoisotopic (exact) mass is 231 g/mol. The minimum absolute atomic E-state index is 0.915.